The smallest absolute Gasteiger partial charge is 0.345 e. The molecule has 0 saturated heterocycles. The van der Waals surface area contributed by atoms with Crippen molar-refractivity contribution < 1.29 is 9.47 Å². The molecule has 1 aromatic heterocycles. The number of aromatic nitrogens is 1. The number of fused-ring (bicyclic) bond motifs is 1. The van der Waals surface area contributed by atoms with Crippen LogP contribution in [0.5, 0.6) is 0 Å². The van der Waals surface area contributed by atoms with Gasteiger partial charge >= 0.3 is 5.49 Å². The molecule has 1 saturated carbocycles. The molecule has 1 aromatic carbocycles. The van der Waals surface area contributed by atoms with Crippen LogP contribution in [0, 0.1) is 5.92 Å². The number of hydrogen-bond acceptors (Lipinski definition) is 4. The van der Waals surface area contributed by atoms with E-state index in [9.17, 15) is 5.11 Å². The first-order valence-electron chi connectivity index (χ1n) is 9.00. The minimum absolute atomic E-state index is 0.175. The van der Waals surface area contributed by atoms with Crippen molar-refractivity contribution in [1.82, 2.24) is 0 Å². The summed E-state index contributed by atoms with van der Waals surface area (Å²) in [6, 6.07) is 14.4. The fourth-order valence-corrected chi connectivity index (χ4v) is 3.57. The lowest BCUT2D eigenvalue weighted by Gasteiger charge is -2.26. The largest absolute Gasteiger partial charge is 0.396 e. The number of rotatable bonds is 4. The zero-order valence-electron chi connectivity index (χ0n) is 14.2. The van der Waals surface area contributed by atoms with Crippen molar-refractivity contribution in [2.45, 2.75) is 37.9 Å². The van der Waals surface area contributed by atoms with Crippen LogP contribution in [-0.4, -0.2) is 24.0 Å². The Labute approximate surface area is 147 Å². The van der Waals surface area contributed by atoms with Crippen LogP contribution >= 0.6 is 0 Å². The van der Waals surface area contributed by atoms with Crippen molar-refractivity contribution in [1.29, 1.82) is 0 Å². The molecule has 0 radical (unpaired) electrons. The molecule has 0 amide bonds. The molecular weight excluding hydrogens is 312 g/mol. The van der Waals surface area contributed by atoms with E-state index in [4.69, 9.17) is 4.99 Å². The molecule has 4 rings (SSSR count). The van der Waals surface area contributed by atoms with Crippen molar-refractivity contribution in [3.63, 3.8) is 0 Å². The zero-order valence-corrected chi connectivity index (χ0v) is 14.2. The van der Waals surface area contributed by atoms with Gasteiger partial charge in [-0.15, -0.1) is 4.36 Å². The van der Waals surface area contributed by atoms with Gasteiger partial charge in [0.1, 0.15) is 6.20 Å². The number of aliphatic imine (C=N–C) groups is 1. The number of nitrogens with zero attached hydrogens (tertiary/aromatic N) is 4. The molecule has 2 heterocycles. The van der Waals surface area contributed by atoms with Crippen LogP contribution in [-0.2, 0) is 0 Å². The van der Waals surface area contributed by atoms with Crippen LogP contribution in [0.25, 0.3) is 0 Å². The van der Waals surface area contributed by atoms with Crippen molar-refractivity contribution in [3.8, 4) is 0 Å². The summed E-state index contributed by atoms with van der Waals surface area (Å²) in [6.45, 7) is 0.240. The minimum Gasteiger partial charge on any atom is -0.396 e. The van der Waals surface area contributed by atoms with E-state index in [1.807, 2.05) is 35.0 Å². The molecule has 3 atom stereocenters. The van der Waals surface area contributed by atoms with Crippen LogP contribution in [0.4, 0.5) is 0 Å². The highest BCUT2D eigenvalue weighted by Gasteiger charge is 2.23. The Bertz CT molecular complexity index is 840. The first-order chi connectivity index (χ1) is 12.3. The van der Waals surface area contributed by atoms with E-state index in [-0.39, 0.29) is 18.8 Å². The second-order valence-corrected chi connectivity index (χ2v) is 6.76. The summed E-state index contributed by atoms with van der Waals surface area (Å²) in [5.41, 5.74) is 3.03. The van der Waals surface area contributed by atoms with E-state index >= 15 is 0 Å². The molecule has 5 heteroatoms. The van der Waals surface area contributed by atoms with Crippen molar-refractivity contribution >= 4 is 6.21 Å². The molecule has 1 N–H and O–H groups in total. The Morgan fingerprint density at radius 2 is 1.96 bits per heavy atom. The topological polar surface area (TPSA) is 63.2 Å². The Hall–Kier alpha value is -2.40. The van der Waals surface area contributed by atoms with Gasteiger partial charge in [-0.2, -0.15) is 0 Å². The lowest BCUT2D eigenvalue weighted by atomic mass is 9.85. The molecule has 0 spiro atoms. The van der Waals surface area contributed by atoms with E-state index in [1.54, 1.807) is 0 Å². The SMILES string of the molecule is OC[C@@H]1CCCC[C@H]1N=Cc1ccc(C2N=c3cccc[n+]3=N2)cc1. The highest BCUT2D eigenvalue weighted by Crippen LogP contribution is 2.26. The maximum Gasteiger partial charge on any atom is 0.345 e. The average Bonchev–Trinajstić information content (AvgIpc) is 3.11. The molecule has 128 valence electrons. The summed E-state index contributed by atoms with van der Waals surface area (Å²) in [5, 5.41) is 14.1. The van der Waals surface area contributed by atoms with Gasteiger partial charge < -0.3 is 5.11 Å². The Balaban J connectivity index is 1.47. The van der Waals surface area contributed by atoms with Gasteiger partial charge in [-0.3, -0.25) is 4.99 Å². The van der Waals surface area contributed by atoms with Crippen LogP contribution in [0.1, 0.15) is 43.0 Å². The predicted molar refractivity (Wildman–Crippen MR) is 95.2 cm³/mol. The van der Waals surface area contributed by atoms with Gasteiger partial charge in [0, 0.05) is 30.4 Å². The quantitative estimate of drug-likeness (QED) is 0.676. The molecule has 1 fully saturated rings. The molecule has 1 aliphatic carbocycles. The van der Waals surface area contributed by atoms with Crippen molar-refractivity contribution in [3.05, 3.63) is 65.3 Å². The highest BCUT2D eigenvalue weighted by atomic mass is 16.3. The summed E-state index contributed by atoms with van der Waals surface area (Å²) in [6.07, 6.45) is 8.26. The number of hydrogen-bond donors (Lipinski definition) is 1. The van der Waals surface area contributed by atoms with Crippen molar-refractivity contribution in [2.24, 2.45) is 21.0 Å². The number of pyridine rings is 1. The number of aliphatic hydroxyl groups excluding tert-OH is 1. The summed E-state index contributed by atoms with van der Waals surface area (Å²) in [5.74, 6) is 0.316. The summed E-state index contributed by atoms with van der Waals surface area (Å²) in [4.78, 5) is 9.36. The van der Waals surface area contributed by atoms with Gasteiger partial charge in [-0.25, -0.2) is 0 Å². The summed E-state index contributed by atoms with van der Waals surface area (Å²) >= 11 is 0. The van der Waals surface area contributed by atoms with Gasteiger partial charge in [0.2, 0.25) is 0 Å². The van der Waals surface area contributed by atoms with Gasteiger partial charge in [-0.1, -0.05) is 48.3 Å². The van der Waals surface area contributed by atoms with Crippen LogP contribution in [0.15, 0.2) is 63.8 Å². The molecule has 1 unspecified atom stereocenters. The predicted octanol–water partition coefficient (Wildman–Crippen LogP) is 2.31. The van der Waals surface area contributed by atoms with Crippen molar-refractivity contribution in [2.75, 3.05) is 6.61 Å². The molecule has 0 bridgehead atoms. The van der Waals surface area contributed by atoms with Crippen LogP contribution in [0.3, 0.4) is 0 Å². The minimum atomic E-state index is -0.175. The van der Waals surface area contributed by atoms with Gasteiger partial charge in [0.15, 0.2) is 0 Å². The average molecular weight is 335 g/mol. The number of benzene rings is 1. The van der Waals surface area contributed by atoms with Gasteiger partial charge in [-0.05, 0) is 29.5 Å². The molecule has 2 aliphatic rings. The van der Waals surface area contributed by atoms with Gasteiger partial charge in [0.25, 0.3) is 6.17 Å². The zero-order chi connectivity index (χ0) is 17.1. The third-order valence-corrected chi connectivity index (χ3v) is 5.06. The highest BCUT2D eigenvalue weighted by molar-refractivity contribution is 5.79. The van der Waals surface area contributed by atoms with Crippen LogP contribution in [0.2, 0.25) is 0 Å². The van der Waals surface area contributed by atoms with Gasteiger partial charge in [0.05, 0.1) is 6.04 Å². The Morgan fingerprint density at radius 3 is 2.76 bits per heavy atom. The standard InChI is InChI=1S/C20H23N4O/c25-14-17-5-1-2-6-18(17)21-13-15-8-10-16(11-9-15)20-22-19-7-3-4-12-24(19)23-20/h3-4,7-13,17-18,20,25H,1-2,5-6,14H2/q+1/t17-,18+,20?/m0/s1. The monoisotopic (exact) mass is 335 g/mol. The summed E-state index contributed by atoms with van der Waals surface area (Å²) < 4.78 is 1.82. The van der Waals surface area contributed by atoms with E-state index in [0.717, 1.165) is 29.5 Å². The molecule has 2 aromatic rings. The number of aliphatic hydroxyl groups is 1. The second-order valence-electron chi connectivity index (χ2n) is 6.76. The van der Waals surface area contributed by atoms with E-state index in [1.165, 1.54) is 12.8 Å². The lowest BCUT2D eigenvalue weighted by Crippen LogP contribution is -2.32. The lowest BCUT2D eigenvalue weighted by molar-refractivity contribution is -0.560. The van der Waals surface area contributed by atoms with Crippen LogP contribution < -0.4 is 9.85 Å². The molecule has 1 aliphatic heterocycles. The maximum absolute atomic E-state index is 9.49. The van der Waals surface area contributed by atoms with E-state index < -0.39 is 0 Å². The Morgan fingerprint density at radius 1 is 1.12 bits per heavy atom. The first kappa shape index (κ1) is 16.1. The molecular formula is C20H23N4O+. The normalized spacial score (nSPS) is 25.4. The molecule has 5 nitrogen and oxygen atoms in total. The third kappa shape index (κ3) is 3.51. The third-order valence-electron chi connectivity index (χ3n) is 5.06. The fraction of sp³-hybridized carbons (Fsp3) is 0.400. The fourth-order valence-electron chi connectivity index (χ4n) is 3.57. The van der Waals surface area contributed by atoms with E-state index in [0.29, 0.717) is 5.92 Å². The Kier molecular flexibility index (Phi) is 4.65. The maximum atomic E-state index is 9.49. The second kappa shape index (κ2) is 7.23. The summed E-state index contributed by atoms with van der Waals surface area (Å²) in [7, 11) is 0. The first-order valence-corrected chi connectivity index (χ1v) is 9.00. The molecule has 25 heavy (non-hydrogen) atoms. The van der Waals surface area contributed by atoms with E-state index in [2.05, 4.69) is 34.4 Å².